The summed E-state index contributed by atoms with van der Waals surface area (Å²) in [7, 11) is 3.15. The first-order valence-corrected chi connectivity index (χ1v) is 7.63. The van der Waals surface area contributed by atoms with Crippen molar-refractivity contribution in [1.82, 2.24) is 14.8 Å². The number of fused-ring (bicyclic) bond motifs is 1. The first-order valence-electron chi connectivity index (χ1n) is 7.63. The van der Waals surface area contributed by atoms with E-state index in [-0.39, 0.29) is 5.91 Å². The molecular formula is C18H18N4O3. The Balaban J connectivity index is 1.80. The number of nitrogens with zero attached hydrogens (tertiary/aromatic N) is 3. The average molecular weight is 338 g/mol. The van der Waals surface area contributed by atoms with Crippen molar-refractivity contribution < 1.29 is 14.3 Å². The Morgan fingerprint density at radius 1 is 1.24 bits per heavy atom. The van der Waals surface area contributed by atoms with Crippen LogP contribution in [0.2, 0.25) is 0 Å². The molecule has 0 aliphatic carbocycles. The molecule has 128 valence electrons. The van der Waals surface area contributed by atoms with Crippen molar-refractivity contribution in [3.8, 4) is 11.5 Å². The molecule has 0 bridgehead atoms. The van der Waals surface area contributed by atoms with Gasteiger partial charge in [-0.05, 0) is 31.2 Å². The lowest BCUT2D eigenvalue weighted by Gasteiger charge is -2.07. The fourth-order valence-corrected chi connectivity index (χ4v) is 2.53. The Morgan fingerprint density at radius 2 is 2.08 bits per heavy atom. The van der Waals surface area contributed by atoms with Crippen molar-refractivity contribution in [3.05, 3.63) is 59.5 Å². The van der Waals surface area contributed by atoms with Gasteiger partial charge >= 0.3 is 0 Å². The number of imidazole rings is 1. The molecule has 1 aromatic carbocycles. The molecule has 0 aliphatic heterocycles. The van der Waals surface area contributed by atoms with Gasteiger partial charge in [-0.1, -0.05) is 6.07 Å². The normalized spacial score (nSPS) is 11.0. The van der Waals surface area contributed by atoms with E-state index in [1.807, 2.05) is 18.2 Å². The third-order valence-electron chi connectivity index (χ3n) is 3.73. The quantitative estimate of drug-likeness (QED) is 0.572. The maximum Gasteiger partial charge on any atom is 0.290 e. The highest BCUT2D eigenvalue weighted by Crippen LogP contribution is 2.23. The zero-order valence-electron chi connectivity index (χ0n) is 14.2. The van der Waals surface area contributed by atoms with Gasteiger partial charge in [0.2, 0.25) is 0 Å². The van der Waals surface area contributed by atoms with Crippen LogP contribution in [0.4, 0.5) is 0 Å². The highest BCUT2D eigenvalue weighted by molar-refractivity contribution is 5.95. The molecule has 3 rings (SSSR count). The summed E-state index contributed by atoms with van der Waals surface area (Å²) in [5.41, 5.74) is 5.06. The highest BCUT2D eigenvalue weighted by atomic mass is 16.5. The minimum absolute atomic E-state index is 0.333. The Hall–Kier alpha value is -3.35. The van der Waals surface area contributed by atoms with Gasteiger partial charge in [-0.25, -0.2) is 10.4 Å². The SMILES string of the molecule is COc1ccc(/C=N\NC(=O)c2c(C)nc3ccccn23)c(OC)c1. The number of aryl methyl sites for hydroxylation is 1. The fraction of sp³-hybridized carbons (Fsp3) is 0.167. The van der Waals surface area contributed by atoms with Crippen LogP contribution in [0.25, 0.3) is 5.65 Å². The number of hydrazone groups is 1. The number of amides is 1. The molecule has 7 heteroatoms. The third-order valence-corrected chi connectivity index (χ3v) is 3.73. The van der Waals surface area contributed by atoms with Crippen molar-refractivity contribution in [2.75, 3.05) is 14.2 Å². The Bertz CT molecular complexity index is 947. The molecule has 3 aromatic rings. The van der Waals surface area contributed by atoms with Crippen LogP contribution in [-0.2, 0) is 0 Å². The summed E-state index contributed by atoms with van der Waals surface area (Å²) in [6, 6.07) is 10.9. The maximum atomic E-state index is 12.4. The van der Waals surface area contributed by atoms with E-state index < -0.39 is 0 Å². The molecule has 0 atom stereocenters. The molecule has 2 aromatic heterocycles. The smallest absolute Gasteiger partial charge is 0.290 e. The number of hydrogen-bond donors (Lipinski definition) is 1. The number of nitrogens with one attached hydrogen (secondary N) is 1. The Morgan fingerprint density at radius 3 is 2.84 bits per heavy atom. The number of ether oxygens (including phenoxy) is 2. The van der Waals surface area contributed by atoms with E-state index in [9.17, 15) is 4.79 Å². The van der Waals surface area contributed by atoms with Crippen molar-refractivity contribution in [1.29, 1.82) is 0 Å². The second kappa shape index (κ2) is 7.04. The lowest BCUT2D eigenvalue weighted by atomic mass is 10.2. The molecule has 1 N–H and O–H groups in total. The van der Waals surface area contributed by atoms with E-state index in [1.165, 1.54) is 6.21 Å². The van der Waals surface area contributed by atoms with Gasteiger partial charge in [0.05, 0.1) is 26.1 Å². The van der Waals surface area contributed by atoms with E-state index in [4.69, 9.17) is 9.47 Å². The topological polar surface area (TPSA) is 77.2 Å². The molecule has 1 amide bonds. The zero-order valence-corrected chi connectivity index (χ0v) is 14.2. The van der Waals surface area contributed by atoms with Crippen LogP contribution in [0.5, 0.6) is 11.5 Å². The largest absolute Gasteiger partial charge is 0.497 e. The molecule has 0 saturated carbocycles. The molecule has 0 spiro atoms. The van der Waals surface area contributed by atoms with Crippen LogP contribution in [0, 0.1) is 6.92 Å². The summed E-state index contributed by atoms with van der Waals surface area (Å²) >= 11 is 0. The lowest BCUT2D eigenvalue weighted by Crippen LogP contribution is -2.20. The maximum absolute atomic E-state index is 12.4. The zero-order chi connectivity index (χ0) is 17.8. The molecule has 0 fully saturated rings. The summed E-state index contributed by atoms with van der Waals surface area (Å²) in [4.78, 5) is 16.8. The Labute approximate surface area is 144 Å². The molecular weight excluding hydrogens is 320 g/mol. The lowest BCUT2D eigenvalue weighted by molar-refractivity contribution is 0.0948. The first kappa shape index (κ1) is 16.5. The van der Waals surface area contributed by atoms with E-state index in [0.717, 1.165) is 5.56 Å². The number of benzene rings is 1. The number of aromatic nitrogens is 2. The predicted molar refractivity (Wildman–Crippen MR) is 94.5 cm³/mol. The van der Waals surface area contributed by atoms with Gasteiger partial charge in [0.1, 0.15) is 22.8 Å². The van der Waals surface area contributed by atoms with Gasteiger partial charge in [0, 0.05) is 17.8 Å². The van der Waals surface area contributed by atoms with Crippen LogP contribution in [0.3, 0.4) is 0 Å². The Kier molecular flexibility index (Phi) is 4.65. The van der Waals surface area contributed by atoms with Crippen molar-refractivity contribution >= 4 is 17.8 Å². The van der Waals surface area contributed by atoms with Gasteiger partial charge in [-0.2, -0.15) is 5.10 Å². The summed E-state index contributed by atoms with van der Waals surface area (Å²) in [6.45, 7) is 1.79. The van der Waals surface area contributed by atoms with Crippen LogP contribution in [0.15, 0.2) is 47.7 Å². The van der Waals surface area contributed by atoms with Crippen LogP contribution in [-0.4, -0.2) is 35.7 Å². The van der Waals surface area contributed by atoms with E-state index in [1.54, 1.807) is 49.9 Å². The molecule has 0 aliphatic rings. The summed E-state index contributed by atoms with van der Waals surface area (Å²) in [5.74, 6) is 0.947. The summed E-state index contributed by atoms with van der Waals surface area (Å²) in [5, 5.41) is 4.02. The number of pyridine rings is 1. The van der Waals surface area contributed by atoms with Gasteiger partial charge in [-0.3, -0.25) is 9.20 Å². The number of carbonyl (C=O) groups is 1. The van der Waals surface area contributed by atoms with Crippen molar-refractivity contribution in [2.24, 2.45) is 5.10 Å². The average Bonchev–Trinajstić information content (AvgIpc) is 2.97. The van der Waals surface area contributed by atoms with Gasteiger partial charge in [0.15, 0.2) is 0 Å². The first-order chi connectivity index (χ1) is 12.1. The molecule has 0 unspecified atom stereocenters. The minimum Gasteiger partial charge on any atom is -0.497 e. The van der Waals surface area contributed by atoms with E-state index in [2.05, 4.69) is 15.5 Å². The van der Waals surface area contributed by atoms with Gasteiger partial charge in [0.25, 0.3) is 5.91 Å². The van der Waals surface area contributed by atoms with Crippen LogP contribution < -0.4 is 14.9 Å². The molecule has 2 heterocycles. The fourth-order valence-electron chi connectivity index (χ4n) is 2.53. The predicted octanol–water partition coefficient (Wildman–Crippen LogP) is 2.42. The number of hydrogen-bond acceptors (Lipinski definition) is 5. The van der Waals surface area contributed by atoms with Crippen molar-refractivity contribution in [2.45, 2.75) is 6.92 Å². The summed E-state index contributed by atoms with van der Waals surface area (Å²) in [6.07, 6.45) is 3.31. The highest BCUT2D eigenvalue weighted by Gasteiger charge is 2.15. The van der Waals surface area contributed by atoms with Gasteiger partial charge < -0.3 is 9.47 Å². The van der Waals surface area contributed by atoms with Crippen molar-refractivity contribution in [3.63, 3.8) is 0 Å². The second-order valence-electron chi connectivity index (χ2n) is 5.28. The molecule has 0 radical (unpaired) electrons. The molecule has 25 heavy (non-hydrogen) atoms. The number of methoxy groups -OCH3 is 2. The monoisotopic (exact) mass is 338 g/mol. The van der Waals surface area contributed by atoms with Gasteiger partial charge in [-0.15, -0.1) is 0 Å². The number of carbonyl (C=O) groups excluding carboxylic acids is 1. The second-order valence-corrected chi connectivity index (χ2v) is 5.28. The van der Waals surface area contributed by atoms with Crippen LogP contribution >= 0.6 is 0 Å². The summed E-state index contributed by atoms with van der Waals surface area (Å²) < 4.78 is 12.2. The minimum atomic E-state index is -0.333. The van der Waals surface area contributed by atoms with E-state index in [0.29, 0.717) is 28.5 Å². The number of rotatable bonds is 5. The van der Waals surface area contributed by atoms with E-state index >= 15 is 0 Å². The molecule has 7 nitrogen and oxygen atoms in total. The molecule has 0 saturated heterocycles. The third kappa shape index (κ3) is 3.30. The standard InChI is InChI=1S/C18H18N4O3/c1-12-17(22-9-5-4-6-16(22)20-12)18(23)21-19-11-13-7-8-14(24-2)10-15(13)25-3/h4-11H,1-3H3,(H,21,23)/b19-11-. The van der Waals surface area contributed by atoms with Crippen LogP contribution in [0.1, 0.15) is 21.7 Å².